The lowest BCUT2D eigenvalue weighted by Crippen LogP contribution is -2.50. The van der Waals surface area contributed by atoms with Crippen molar-refractivity contribution < 1.29 is 8.85 Å². The van der Waals surface area contributed by atoms with E-state index in [9.17, 15) is 0 Å². The summed E-state index contributed by atoms with van der Waals surface area (Å²) in [5.74, 6) is 1.85. The highest BCUT2D eigenvalue weighted by Gasteiger charge is 2.46. The smallest absolute Gasteiger partial charge is 0.341 e. The standard InChI is InChI=1S/C18H38O2Si/c1-15(2)12-19-21(14-17(5)6,20-13-16(3)4)18-10-8-7-9-11-18/h15-18H,7-14H2,1-6H3. The Morgan fingerprint density at radius 1 is 0.762 bits per heavy atom. The van der Waals surface area contributed by atoms with Gasteiger partial charge >= 0.3 is 8.56 Å². The van der Waals surface area contributed by atoms with Crippen LogP contribution in [-0.4, -0.2) is 21.8 Å². The number of hydrogen-bond donors (Lipinski definition) is 0. The highest BCUT2D eigenvalue weighted by molar-refractivity contribution is 6.69. The fourth-order valence-corrected chi connectivity index (χ4v) is 8.07. The molecule has 0 saturated heterocycles. The van der Waals surface area contributed by atoms with Gasteiger partial charge in [0.05, 0.1) is 0 Å². The largest absolute Gasteiger partial charge is 0.394 e. The summed E-state index contributed by atoms with van der Waals surface area (Å²) >= 11 is 0. The maximum absolute atomic E-state index is 6.61. The van der Waals surface area contributed by atoms with Gasteiger partial charge < -0.3 is 8.85 Å². The second-order valence-corrected chi connectivity index (χ2v) is 11.6. The van der Waals surface area contributed by atoms with Crippen molar-refractivity contribution in [1.82, 2.24) is 0 Å². The van der Waals surface area contributed by atoms with Gasteiger partial charge in [0, 0.05) is 18.8 Å². The monoisotopic (exact) mass is 314 g/mol. The van der Waals surface area contributed by atoms with Gasteiger partial charge in [0.25, 0.3) is 0 Å². The van der Waals surface area contributed by atoms with Crippen LogP contribution in [0.3, 0.4) is 0 Å². The van der Waals surface area contributed by atoms with E-state index < -0.39 is 8.56 Å². The summed E-state index contributed by atoms with van der Waals surface area (Å²) in [7, 11) is -2.08. The van der Waals surface area contributed by atoms with Crippen LogP contribution in [0.5, 0.6) is 0 Å². The molecule has 126 valence electrons. The van der Waals surface area contributed by atoms with Gasteiger partial charge in [0.1, 0.15) is 0 Å². The molecule has 0 aromatic carbocycles. The van der Waals surface area contributed by atoms with Crippen molar-refractivity contribution in [3.8, 4) is 0 Å². The lowest BCUT2D eigenvalue weighted by atomic mass is 10.0. The summed E-state index contributed by atoms with van der Waals surface area (Å²) in [6, 6.07) is 1.16. The zero-order chi connectivity index (χ0) is 15.9. The van der Waals surface area contributed by atoms with E-state index in [1.807, 2.05) is 0 Å². The minimum Gasteiger partial charge on any atom is -0.394 e. The highest BCUT2D eigenvalue weighted by Crippen LogP contribution is 2.42. The minimum absolute atomic E-state index is 0.593. The Balaban J connectivity index is 2.87. The quantitative estimate of drug-likeness (QED) is 0.503. The molecule has 1 fully saturated rings. The van der Waals surface area contributed by atoms with E-state index in [0.717, 1.165) is 19.3 Å². The molecule has 0 aliphatic heterocycles. The second kappa shape index (κ2) is 9.31. The first-order valence-electron chi connectivity index (χ1n) is 9.13. The molecule has 1 saturated carbocycles. The van der Waals surface area contributed by atoms with E-state index >= 15 is 0 Å². The molecule has 0 N–H and O–H groups in total. The van der Waals surface area contributed by atoms with Gasteiger partial charge in [-0.1, -0.05) is 60.8 Å². The van der Waals surface area contributed by atoms with Crippen LogP contribution < -0.4 is 0 Å². The second-order valence-electron chi connectivity index (χ2n) is 8.15. The van der Waals surface area contributed by atoms with Gasteiger partial charge in [-0.25, -0.2) is 0 Å². The normalized spacial score (nSPS) is 18.1. The zero-order valence-electron chi connectivity index (χ0n) is 15.3. The number of rotatable bonds is 9. The Hall–Kier alpha value is 0.137. The van der Waals surface area contributed by atoms with Gasteiger partial charge in [-0.2, -0.15) is 0 Å². The first-order valence-corrected chi connectivity index (χ1v) is 11.2. The molecule has 0 spiro atoms. The predicted molar refractivity (Wildman–Crippen MR) is 93.8 cm³/mol. The van der Waals surface area contributed by atoms with Crippen molar-refractivity contribution in [2.24, 2.45) is 17.8 Å². The summed E-state index contributed by atoms with van der Waals surface area (Å²) in [4.78, 5) is 0. The molecule has 1 aliphatic rings. The third-order valence-corrected chi connectivity index (χ3v) is 8.76. The molecule has 0 amide bonds. The van der Waals surface area contributed by atoms with Gasteiger partial charge in [-0.3, -0.25) is 0 Å². The molecule has 0 radical (unpaired) electrons. The van der Waals surface area contributed by atoms with E-state index in [1.165, 1.54) is 32.1 Å². The molecule has 0 unspecified atom stereocenters. The lowest BCUT2D eigenvalue weighted by Gasteiger charge is -2.41. The summed E-state index contributed by atoms with van der Waals surface area (Å²) < 4.78 is 13.2. The van der Waals surface area contributed by atoms with Gasteiger partial charge in [0.15, 0.2) is 0 Å². The van der Waals surface area contributed by atoms with Crippen molar-refractivity contribution >= 4 is 8.56 Å². The van der Waals surface area contributed by atoms with Gasteiger partial charge in [-0.05, 0) is 36.6 Å². The molecule has 21 heavy (non-hydrogen) atoms. The van der Waals surface area contributed by atoms with Crippen LogP contribution in [0.2, 0.25) is 11.6 Å². The first-order chi connectivity index (χ1) is 9.85. The molecular formula is C18H38O2Si. The Morgan fingerprint density at radius 3 is 1.62 bits per heavy atom. The van der Waals surface area contributed by atoms with E-state index in [2.05, 4.69) is 41.5 Å². The number of hydrogen-bond acceptors (Lipinski definition) is 2. The molecule has 0 aromatic heterocycles. The molecular weight excluding hydrogens is 276 g/mol. The summed E-state index contributed by atoms with van der Waals surface area (Å²) in [5.41, 5.74) is 0.714. The Bertz CT molecular complexity index is 258. The van der Waals surface area contributed by atoms with Crippen molar-refractivity contribution in [2.45, 2.75) is 85.2 Å². The van der Waals surface area contributed by atoms with Crippen molar-refractivity contribution in [3.05, 3.63) is 0 Å². The molecule has 0 heterocycles. The maximum Gasteiger partial charge on any atom is 0.341 e. The van der Waals surface area contributed by atoms with E-state index in [0.29, 0.717) is 23.3 Å². The van der Waals surface area contributed by atoms with E-state index in [1.54, 1.807) is 0 Å². The lowest BCUT2D eigenvalue weighted by molar-refractivity contribution is 0.120. The van der Waals surface area contributed by atoms with Crippen molar-refractivity contribution in [1.29, 1.82) is 0 Å². The van der Waals surface area contributed by atoms with Crippen LogP contribution in [0.4, 0.5) is 0 Å². The molecule has 2 nitrogen and oxygen atoms in total. The van der Waals surface area contributed by atoms with Gasteiger partial charge in [0.2, 0.25) is 0 Å². The SMILES string of the molecule is CC(C)CO[Si](CC(C)C)(OCC(C)C)C1CCCCC1. The molecule has 3 heteroatoms. The van der Waals surface area contributed by atoms with Crippen LogP contribution in [0.15, 0.2) is 0 Å². The summed E-state index contributed by atoms with van der Waals surface area (Å²) in [6.07, 6.45) is 6.79. The summed E-state index contributed by atoms with van der Waals surface area (Å²) in [5, 5.41) is 0. The molecule has 0 bridgehead atoms. The van der Waals surface area contributed by atoms with Crippen LogP contribution in [-0.2, 0) is 8.85 Å². The van der Waals surface area contributed by atoms with E-state index in [4.69, 9.17) is 8.85 Å². The summed E-state index contributed by atoms with van der Waals surface area (Å²) in [6.45, 7) is 15.4. The topological polar surface area (TPSA) is 18.5 Å². The zero-order valence-corrected chi connectivity index (χ0v) is 16.3. The minimum atomic E-state index is -2.08. The van der Waals surface area contributed by atoms with Crippen LogP contribution in [0.25, 0.3) is 0 Å². The molecule has 1 aliphatic carbocycles. The fourth-order valence-electron chi connectivity index (χ4n) is 3.29. The third kappa shape index (κ3) is 6.83. The highest BCUT2D eigenvalue weighted by atomic mass is 28.4. The van der Waals surface area contributed by atoms with Crippen molar-refractivity contribution in [3.63, 3.8) is 0 Å². The first kappa shape index (κ1) is 19.2. The van der Waals surface area contributed by atoms with Gasteiger partial charge in [-0.15, -0.1) is 0 Å². The van der Waals surface area contributed by atoms with Crippen molar-refractivity contribution in [2.75, 3.05) is 13.2 Å². The Labute approximate surface area is 134 Å². The van der Waals surface area contributed by atoms with E-state index in [-0.39, 0.29) is 0 Å². The van der Waals surface area contributed by atoms with Crippen LogP contribution >= 0.6 is 0 Å². The third-order valence-electron chi connectivity index (χ3n) is 4.24. The average Bonchev–Trinajstić information content (AvgIpc) is 2.42. The predicted octanol–water partition coefficient (Wildman–Crippen LogP) is 5.76. The fraction of sp³-hybridized carbons (Fsp3) is 1.00. The van der Waals surface area contributed by atoms with Crippen LogP contribution in [0.1, 0.15) is 73.6 Å². The Morgan fingerprint density at radius 2 is 1.24 bits per heavy atom. The average molecular weight is 315 g/mol. The maximum atomic E-state index is 6.61. The molecule has 1 rings (SSSR count). The Kier molecular flexibility index (Phi) is 8.51. The van der Waals surface area contributed by atoms with Crippen LogP contribution in [0, 0.1) is 17.8 Å². The molecule has 0 atom stereocenters. The molecule has 0 aromatic rings.